The highest BCUT2D eigenvalue weighted by molar-refractivity contribution is 5.83. The molecule has 0 spiro atoms. The van der Waals surface area contributed by atoms with Gasteiger partial charge in [0.1, 0.15) is 0 Å². The van der Waals surface area contributed by atoms with Crippen LogP contribution >= 0.6 is 0 Å². The van der Waals surface area contributed by atoms with Gasteiger partial charge < -0.3 is 0 Å². The van der Waals surface area contributed by atoms with Crippen LogP contribution in [-0.4, -0.2) is 0 Å². The smallest absolute Gasteiger partial charge is 0.00964 e. The zero-order valence-electron chi connectivity index (χ0n) is 7.39. The predicted molar refractivity (Wildman–Crippen MR) is 52.3 cm³/mol. The van der Waals surface area contributed by atoms with E-state index in [2.05, 4.69) is 44.2 Å². The van der Waals surface area contributed by atoms with E-state index < -0.39 is 0 Å². The molecule has 0 aromatic heterocycles. The van der Waals surface area contributed by atoms with Crippen molar-refractivity contribution in [3.8, 4) is 0 Å². The van der Waals surface area contributed by atoms with Gasteiger partial charge in [-0.3, -0.25) is 0 Å². The number of rotatable bonds is 0. The Morgan fingerprint density at radius 1 is 1.00 bits per heavy atom. The minimum atomic E-state index is 1.20. The Bertz CT molecular complexity index is 377. The summed E-state index contributed by atoms with van der Waals surface area (Å²) in [5.41, 5.74) is 2.58. The van der Waals surface area contributed by atoms with E-state index in [9.17, 15) is 0 Å². The van der Waals surface area contributed by atoms with Crippen LogP contribution in [0.2, 0.25) is 0 Å². The standard InChI is InChI=1S/C12H11/c1-9-3-5-11-6-4-10(2)8-12(11)7-9/h3-5,7-8H,1-2H3. The summed E-state index contributed by atoms with van der Waals surface area (Å²) >= 11 is 0. The molecular weight excluding hydrogens is 144 g/mol. The van der Waals surface area contributed by atoms with Gasteiger partial charge in [0, 0.05) is 0 Å². The van der Waals surface area contributed by atoms with E-state index in [0.717, 1.165) is 0 Å². The van der Waals surface area contributed by atoms with Crippen LogP contribution in [-0.2, 0) is 0 Å². The summed E-state index contributed by atoms with van der Waals surface area (Å²) in [6, 6.07) is 13.9. The van der Waals surface area contributed by atoms with Gasteiger partial charge in [0.05, 0.1) is 0 Å². The van der Waals surface area contributed by atoms with E-state index in [1.165, 1.54) is 21.9 Å². The zero-order valence-corrected chi connectivity index (χ0v) is 7.39. The van der Waals surface area contributed by atoms with Gasteiger partial charge in [-0.2, -0.15) is 0 Å². The van der Waals surface area contributed by atoms with Crippen LogP contribution in [0.15, 0.2) is 30.3 Å². The van der Waals surface area contributed by atoms with Gasteiger partial charge in [-0.15, -0.1) is 0 Å². The molecule has 0 heteroatoms. The van der Waals surface area contributed by atoms with Crippen LogP contribution in [0.3, 0.4) is 0 Å². The van der Waals surface area contributed by atoms with Crippen LogP contribution in [0.1, 0.15) is 11.1 Å². The van der Waals surface area contributed by atoms with Gasteiger partial charge in [0.2, 0.25) is 0 Å². The fraction of sp³-hybridized carbons (Fsp3) is 0.167. The average molecular weight is 155 g/mol. The van der Waals surface area contributed by atoms with Crippen molar-refractivity contribution in [1.82, 2.24) is 0 Å². The SMILES string of the molecule is Cc1c[c]c2ccc(C)cc2c1. The van der Waals surface area contributed by atoms with Gasteiger partial charge in [0.25, 0.3) is 0 Å². The minimum Gasteiger partial charge on any atom is -0.0587 e. The van der Waals surface area contributed by atoms with E-state index >= 15 is 0 Å². The number of fused-ring (bicyclic) bond motifs is 1. The number of hydrogen-bond acceptors (Lipinski definition) is 0. The van der Waals surface area contributed by atoms with E-state index in [1.54, 1.807) is 0 Å². The molecule has 0 aliphatic rings. The van der Waals surface area contributed by atoms with Gasteiger partial charge in [-0.1, -0.05) is 35.9 Å². The fourth-order valence-corrected chi connectivity index (χ4v) is 1.41. The Morgan fingerprint density at radius 3 is 2.58 bits per heavy atom. The molecule has 0 aliphatic heterocycles. The van der Waals surface area contributed by atoms with Crippen molar-refractivity contribution in [3.63, 3.8) is 0 Å². The summed E-state index contributed by atoms with van der Waals surface area (Å²) in [4.78, 5) is 0. The maximum atomic E-state index is 3.25. The molecule has 2 aromatic carbocycles. The van der Waals surface area contributed by atoms with Crippen molar-refractivity contribution < 1.29 is 0 Å². The molecule has 0 aliphatic carbocycles. The second kappa shape index (κ2) is 2.63. The van der Waals surface area contributed by atoms with Gasteiger partial charge >= 0.3 is 0 Å². The molecule has 0 saturated heterocycles. The lowest BCUT2D eigenvalue weighted by atomic mass is 10.1. The Balaban J connectivity index is 2.80. The number of hydrogen-bond donors (Lipinski definition) is 0. The third kappa shape index (κ3) is 1.20. The van der Waals surface area contributed by atoms with E-state index in [1.807, 2.05) is 6.07 Å². The highest BCUT2D eigenvalue weighted by atomic mass is 14.0. The molecular formula is C12H11. The first kappa shape index (κ1) is 7.35. The first-order chi connectivity index (χ1) is 5.75. The van der Waals surface area contributed by atoms with Crippen LogP contribution in [0.25, 0.3) is 10.8 Å². The normalized spacial score (nSPS) is 10.5. The average Bonchev–Trinajstić information content (AvgIpc) is 2.03. The first-order valence-corrected chi connectivity index (χ1v) is 4.14. The molecule has 2 rings (SSSR count). The fourth-order valence-electron chi connectivity index (χ4n) is 1.41. The van der Waals surface area contributed by atoms with E-state index in [0.29, 0.717) is 0 Å². The number of benzene rings is 2. The van der Waals surface area contributed by atoms with Crippen molar-refractivity contribution in [2.24, 2.45) is 0 Å². The van der Waals surface area contributed by atoms with Crippen molar-refractivity contribution >= 4 is 10.8 Å². The van der Waals surface area contributed by atoms with Crippen molar-refractivity contribution in [3.05, 3.63) is 47.5 Å². The molecule has 12 heavy (non-hydrogen) atoms. The van der Waals surface area contributed by atoms with E-state index in [-0.39, 0.29) is 0 Å². The molecule has 2 aromatic rings. The van der Waals surface area contributed by atoms with Gasteiger partial charge in [0.15, 0.2) is 0 Å². The summed E-state index contributed by atoms with van der Waals surface area (Å²) < 4.78 is 0. The maximum Gasteiger partial charge on any atom is -0.00964 e. The molecule has 0 N–H and O–H groups in total. The molecule has 1 radical (unpaired) electrons. The van der Waals surface area contributed by atoms with Crippen molar-refractivity contribution in [1.29, 1.82) is 0 Å². The highest BCUT2D eigenvalue weighted by Gasteiger charge is 1.93. The lowest BCUT2D eigenvalue weighted by Gasteiger charge is -1.99. The van der Waals surface area contributed by atoms with Crippen LogP contribution in [0.5, 0.6) is 0 Å². The third-order valence-corrected chi connectivity index (χ3v) is 2.05. The van der Waals surface area contributed by atoms with Crippen LogP contribution in [0, 0.1) is 19.9 Å². The van der Waals surface area contributed by atoms with Crippen LogP contribution < -0.4 is 0 Å². The summed E-state index contributed by atoms with van der Waals surface area (Å²) in [5.74, 6) is 0. The largest absolute Gasteiger partial charge is 0.0587 e. The second-order valence-electron chi connectivity index (χ2n) is 3.27. The van der Waals surface area contributed by atoms with E-state index in [4.69, 9.17) is 0 Å². The third-order valence-electron chi connectivity index (χ3n) is 2.05. The lowest BCUT2D eigenvalue weighted by molar-refractivity contribution is 1.47. The second-order valence-corrected chi connectivity index (χ2v) is 3.27. The molecule has 0 amide bonds. The Kier molecular flexibility index (Phi) is 1.61. The molecule has 0 unspecified atom stereocenters. The first-order valence-electron chi connectivity index (χ1n) is 4.14. The van der Waals surface area contributed by atoms with Crippen molar-refractivity contribution in [2.75, 3.05) is 0 Å². The highest BCUT2D eigenvalue weighted by Crippen LogP contribution is 2.16. The molecule has 0 bridgehead atoms. The summed E-state index contributed by atoms with van der Waals surface area (Å²) in [6.07, 6.45) is 0. The maximum absolute atomic E-state index is 3.25. The molecule has 0 heterocycles. The van der Waals surface area contributed by atoms with Crippen molar-refractivity contribution in [2.45, 2.75) is 13.8 Å². The Morgan fingerprint density at radius 2 is 1.75 bits per heavy atom. The minimum absolute atomic E-state index is 1.20. The summed E-state index contributed by atoms with van der Waals surface area (Å²) in [7, 11) is 0. The lowest BCUT2D eigenvalue weighted by Crippen LogP contribution is -1.77. The topological polar surface area (TPSA) is 0 Å². The molecule has 0 nitrogen and oxygen atoms in total. The Labute approximate surface area is 72.8 Å². The molecule has 0 atom stereocenters. The van der Waals surface area contributed by atoms with Gasteiger partial charge in [-0.05, 0) is 36.2 Å². The zero-order chi connectivity index (χ0) is 8.55. The molecule has 0 fully saturated rings. The molecule has 0 saturated carbocycles. The Hall–Kier alpha value is -1.30. The van der Waals surface area contributed by atoms with Gasteiger partial charge in [-0.25, -0.2) is 0 Å². The summed E-state index contributed by atoms with van der Waals surface area (Å²) in [5, 5.41) is 2.49. The monoisotopic (exact) mass is 155 g/mol. The number of aryl methyl sites for hydroxylation is 2. The molecule has 59 valence electrons. The van der Waals surface area contributed by atoms with Crippen LogP contribution in [0.4, 0.5) is 0 Å². The summed E-state index contributed by atoms with van der Waals surface area (Å²) in [6.45, 7) is 4.21. The predicted octanol–water partition coefficient (Wildman–Crippen LogP) is 3.26. The quantitative estimate of drug-likeness (QED) is 0.547.